The van der Waals surface area contributed by atoms with Crippen LogP contribution in [-0.4, -0.2) is 37.8 Å². The van der Waals surface area contributed by atoms with Crippen molar-refractivity contribution in [1.82, 2.24) is 25.5 Å². The molecule has 0 bridgehead atoms. The van der Waals surface area contributed by atoms with Gasteiger partial charge in [0.25, 0.3) is 5.91 Å². The number of nitrogens with zero attached hydrogens (tertiary/aromatic N) is 4. The number of hydrogen-bond donors (Lipinski definition) is 2. The van der Waals surface area contributed by atoms with Crippen molar-refractivity contribution in [1.29, 1.82) is 0 Å². The highest BCUT2D eigenvalue weighted by atomic mass is 32.2. The molecule has 8 nitrogen and oxygen atoms in total. The summed E-state index contributed by atoms with van der Waals surface area (Å²) in [5.74, 6) is -1.05. The number of amides is 2. The Balaban J connectivity index is 1.38. The van der Waals surface area contributed by atoms with E-state index in [0.29, 0.717) is 28.6 Å². The van der Waals surface area contributed by atoms with Crippen molar-refractivity contribution < 1.29 is 14.0 Å². The molecule has 2 N–H and O–H groups in total. The van der Waals surface area contributed by atoms with Gasteiger partial charge in [0.05, 0.1) is 22.7 Å². The maximum Gasteiger partial charge on any atom is 0.253 e. The molecular weight excluding hydrogens is 443 g/mol. The fraction of sp³-hybridized carbons (Fsp3) is 0.0870. The number of para-hydroxylation sites is 1. The summed E-state index contributed by atoms with van der Waals surface area (Å²) < 4.78 is 14.9. The minimum absolute atomic E-state index is 0.00431. The molecular formula is C23H19FN6O2S. The number of benzene rings is 3. The monoisotopic (exact) mass is 462 g/mol. The maximum absolute atomic E-state index is 13.5. The highest BCUT2D eigenvalue weighted by Gasteiger charge is 2.15. The molecule has 0 spiro atoms. The summed E-state index contributed by atoms with van der Waals surface area (Å²) in [5, 5.41) is 17.3. The topological polar surface area (TPSA) is 102 Å². The van der Waals surface area contributed by atoms with Gasteiger partial charge in [-0.1, -0.05) is 60.3 Å². The summed E-state index contributed by atoms with van der Waals surface area (Å²) in [5.41, 5.74) is 2.18. The van der Waals surface area contributed by atoms with Gasteiger partial charge in [-0.15, -0.1) is 5.10 Å². The molecule has 166 valence electrons. The normalized spacial score (nSPS) is 10.6. The fourth-order valence-corrected chi connectivity index (χ4v) is 3.71. The van der Waals surface area contributed by atoms with Gasteiger partial charge in [-0.05, 0) is 46.3 Å². The second kappa shape index (κ2) is 10.5. The molecule has 3 aromatic carbocycles. The summed E-state index contributed by atoms with van der Waals surface area (Å²) in [7, 11) is 0. The van der Waals surface area contributed by atoms with Crippen LogP contribution in [-0.2, 0) is 11.3 Å². The van der Waals surface area contributed by atoms with E-state index in [-0.39, 0.29) is 17.6 Å². The molecule has 4 aromatic rings. The Bertz CT molecular complexity index is 1260. The zero-order valence-electron chi connectivity index (χ0n) is 17.3. The van der Waals surface area contributed by atoms with Crippen LogP contribution in [0.1, 0.15) is 15.9 Å². The molecule has 2 amide bonds. The number of aromatic nitrogens is 4. The quantitative estimate of drug-likeness (QED) is 0.389. The molecule has 0 aliphatic carbocycles. The highest BCUT2D eigenvalue weighted by Crippen LogP contribution is 2.20. The Labute approximate surface area is 193 Å². The van der Waals surface area contributed by atoms with E-state index < -0.39 is 5.82 Å². The molecule has 1 aromatic heterocycles. The molecule has 0 aliphatic heterocycles. The third-order valence-corrected chi connectivity index (χ3v) is 5.49. The van der Waals surface area contributed by atoms with Crippen LogP contribution in [0.15, 0.2) is 84.0 Å². The van der Waals surface area contributed by atoms with E-state index in [1.165, 1.54) is 16.8 Å². The largest absolute Gasteiger partial charge is 0.348 e. The van der Waals surface area contributed by atoms with Crippen molar-refractivity contribution in [3.63, 3.8) is 0 Å². The van der Waals surface area contributed by atoms with Crippen molar-refractivity contribution in [2.45, 2.75) is 11.7 Å². The molecule has 0 saturated carbocycles. The number of tetrazole rings is 1. The highest BCUT2D eigenvalue weighted by molar-refractivity contribution is 7.99. The Morgan fingerprint density at radius 2 is 1.76 bits per heavy atom. The van der Waals surface area contributed by atoms with Crippen molar-refractivity contribution in [2.24, 2.45) is 0 Å². The lowest BCUT2D eigenvalue weighted by Crippen LogP contribution is -2.25. The van der Waals surface area contributed by atoms with Crippen LogP contribution in [0.25, 0.3) is 5.69 Å². The standard InChI is InChI=1S/C23H19FN6O2S/c24-17-9-6-10-18(13-17)30-23(27-28-29-30)33-15-21(31)26-20-12-5-4-11-19(20)22(32)25-14-16-7-2-1-3-8-16/h1-13H,14-15H2,(H,25,32)(H,26,31). The molecule has 4 rings (SSSR count). The second-order valence-corrected chi connectivity index (χ2v) is 7.85. The third-order valence-electron chi connectivity index (χ3n) is 4.57. The van der Waals surface area contributed by atoms with Gasteiger partial charge in [0.15, 0.2) is 0 Å². The van der Waals surface area contributed by atoms with Gasteiger partial charge in [0.1, 0.15) is 5.82 Å². The zero-order chi connectivity index (χ0) is 23.0. The predicted molar refractivity (Wildman–Crippen MR) is 123 cm³/mol. The second-order valence-electron chi connectivity index (χ2n) is 6.90. The van der Waals surface area contributed by atoms with Gasteiger partial charge in [-0.2, -0.15) is 4.68 Å². The molecule has 10 heteroatoms. The van der Waals surface area contributed by atoms with Gasteiger partial charge < -0.3 is 10.6 Å². The number of nitrogens with one attached hydrogen (secondary N) is 2. The van der Waals surface area contributed by atoms with Crippen LogP contribution in [0.4, 0.5) is 10.1 Å². The summed E-state index contributed by atoms with van der Waals surface area (Å²) in [6.45, 7) is 0.376. The van der Waals surface area contributed by atoms with Crippen LogP contribution in [0, 0.1) is 5.82 Å². The lowest BCUT2D eigenvalue weighted by atomic mass is 10.1. The molecule has 0 radical (unpaired) electrons. The smallest absolute Gasteiger partial charge is 0.253 e. The minimum atomic E-state index is -0.418. The Morgan fingerprint density at radius 3 is 2.58 bits per heavy atom. The predicted octanol–water partition coefficient (Wildman–Crippen LogP) is 3.46. The van der Waals surface area contributed by atoms with Gasteiger partial charge in [0.2, 0.25) is 11.1 Å². The number of thioether (sulfide) groups is 1. The van der Waals surface area contributed by atoms with E-state index in [9.17, 15) is 14.0 Å². The summed E-state index contributed by atoms with van der Waals surface area (Å²) >= 11 is 1.10. The molecule has 0 saturated heterocycles. The maximum atomic E-state index is 13.5. The van der Waals surface area contributed by atoms with Crippen molar-refractivity contribution in [3.8, 4) is 5.69 Å². The van der Waals surface area contributed by atoms with Crippen LogP contribution in [0.3, 0.4) is 0 Å². The van der Waals surface area contributed by atoms with Crippen LogP contribution >= 0.6 is 11.8 Å². The van der Waals surface area contributed by atoms with Crippen LogP contribution < -0.4 is 10.6 Å². The number of carbonyl (C=O) groups excluding carboxylic acids is 2. The number of rotatable bonds is 8. The van der Waals surface area contributed by atoms with E-state index in [1.54, 1.807) is 36.4 Å². The first-order valence-corrected chi connectivity index (χ1v) is 11.0. The van der Waals surface area contributed by atoms with Crippen molar-refractivity contribution in [3.05, 3.63) is 95.8 Å². The molecule has 33 heavy (non-hydrogen) atoms. The number of hydrogen-bond acceptors (Lipinski definition) is 6. The van der Waals surface area contributed by atoms with E-state index in [4.69, 9.17) is 0 Å². The van der Waals surface area contributed by atoms with E-state index >= 15 is 0 Å². The molecule has 0 unspecified atom stereocenters. The van der Waals surface area contributed by atoms with E-state index in [1.807, 2.05) is 30.3 Å². The average molecular weight is 463 g/mol. The lowest BCUT2D eigenvalue weighted by Gasteiger charge is -2.11. The van der Waals surface area contributed by atoms with Gasteiger partial charge >= 0.3 is 0 Å². The van der Waals surface area contributed by atoms with Crippen LogP contribution in [0.5, 0.6) is 0 Å². The number of carbonyl (C=O) groups is 2. The van der Waals surface area contributed by atoms with Crippen molar-refractivity contribution >= 4 is 29.3 Å². The molecule has 1 heterocycles. The minimum Gasteiger partial charge on any atom is -0.348 e. The van der Waals surface area contributed by atoms with Crippen molar-refractivity contribution in [2.75, 3.05) is 11.1 Å². The molecule has 0 aliphatic rings. The first-order valence-electron chi connectivity index (χ1n) is 9.98. The summed E-state index contributed by atoms with van der Waals surface area (Å²) in [6, 6.07) is 22.2. The third kappa shape index (κ3) is 5.80. The Kier molecular flexibility index (Phi) is 7.06. The average Bonchev–Trinajstić information content (AvgIpc) is 3.31. The van der Waals surface area contributed by atoms with Gasteiger partial charge in [-0.25, -0.2) is 4.39 Å². The number of halogens is 1. The number of anilines is 1. The first-order chi connectivity index (χ1) is 16.1. The SMILES string of the molecule is O=C(CSc1nnnn1-c1cccc(F)c1)Nc1ccccc1C(=O)NCc1ccccc1. The van der Waals surface area contributed by atoms with Gasteiger partial charge in [0, 0.05) is 6.54 Å². The zero-order valence-corrected chi connectivity index (χ0v) is 18.1. The van der Waals surface area contributed by atoms with E-state index in [2.05, 4.69) is 26.2 Å². The lowest BCUT2D eigenvalue weighted by molar-refractivity contribution is -0.113. The van der Waals surface area contributed by atoms with Gasteiger partial charge in [-0.3, -0.25) is 9.59 Å². The fourth-order valence-electron chi connectivity index (χ4n) is 3.02. The Morgan fingerprint density at radius 1 is 0.970 bits per heavy atom. The first kappa shape index (κ1) is 22.2. The molecule has 0 atom stereocenters. The van der Waals surface area contributed by atoms with Crippen LogP contribution in [0.2, 0.25) is 0 Å². The molecule has 0 fully saturated rings. The van der Waals surface area contributed by atoms with E-state index in [0.717, 1.165) is 17.3 Å². The summed E-state index contributed by atoms with van der Waals surface area (Å²) in [4.78, 5) is 25.2. The summed E-state index contributed by atoms with van der Waals surface area (Å²) in [6.07, 6.45) is 0. The Hall–Kier alpha value is -4.05.